The molecule has 0 bridgehead atoms. The molecule has 2 aliphatic rings. The number of hydrogen-bond donors (Lipinski definition) is 1. The van der Waals surface area contributed by atoms with E-state index in [0.717, 1.165) is 60.6 Å². The number of amides is 1. The van der Waals surface area contributed by atoms with Crippen molar-refractivity contribution in [1.82, 2.24) is 19.4 Å². The van der Waals surface area contributed by atoms with Gasteiger partial charge in [0.25, 0.3) is 0 Å². The third-order valence-corrected chi connectivity index (χ3v) is 7.34. The highest BCUT2D eigenvalue weighted by atomic mass is 32.2. The Morgan fingerprint density at radius 1 is 1.18 bits per heavy atom. The number of fused-ring (bicyclic) bond motifs is 1. The minimum atomic E-state index is -0.0765. The van der Waals surface area contributed by atoms with Crippen LogP contribution in [0.15, 0.2) is 48.8 Å². The van der Waals surface area contributed by atoms with Crippen molar-refractivity contribution in [3.63, 3.8) is 0 Å². The fourth-order valence-corrected chi connectivity index (χ4v) is 6.04. The highest BCUT2D eigenvalue weighted by Crippen LogP contribution is 2.39. The molecule has 3 aromatic rings. The van der Waals surface area contributed by atoms with Gasteiger partial charge in [0.2, 0.25) is 5.91 Å². The van der Waals surface area contributed by atoms with Gasteiger partial charge in [-0.2, -0.15) is 11.8 Å². The van der Waals surface area contributed by atoms with Gasteiger partial charge in [-0.1, -0.05) is 12.1 Å². The van der Waals surface area contributed by atoms with Gasteiger partial charge >= 0.3 is 0 Å². The molecule has 2 saturated heterocycles. The molecule has 5 rings (SSSR count). The first-order valence-electron chi connectivity index (χ1n) is 10.2. The van der Waals surface area contributed by atoms with Crippen molar-refractivity contribution in [2.75, 3.05) is 18.1 Å². The number of H-pyrrole nitrogens is 1. The van der Waals surface area contributed by atoms with Gasteiger partial charge in [-0.05, 0) is 61.5 Å². The van der Waals surface area contributed by atoms with Gasteiger partial charge in [0, 0.05) is 18.9 Å². The van der Waals surface area contributed by atoms with Crippen molar-refractivity contribution in [2.45, 2.75) is 43.7 Å². The van der Waals surface area contributed by atoms with Crippen LogP contribution >= 0.6 is 11.8 Å². The maximum Gasteiger partial charge on any atom is 0.225 e. The highest BCUT2D eigenvalue weighted by molar-refractivity contribution is 7.99. The number of para-hydroxylation sites is 2. The normalized spacial score (nSPS) is 22.0. The molecule has 0 saturated carbocycles. The lowest BCUT2D eigenvalue weighted by molar-refractivity contribution is -0.134. The predicted octanol–water partition coefficient (Wildman–Crippen LogP) is 4.34. The van der Waals surface area contributed by atoms with E-state index >= 15 is 0 Å². The summed E-state index contributed by atoms with van der Waals surface area (Å²) in [5, 5.41) is 0. The molecule has 2 aromatic heterocycles. The number of hydrogen-bond acceptors (Lipinski definition) is 3. The standard InChI is InChI=1S/C22H26N4OS/c27-20(16-22(9-14-28-15-10-22)25-11-3-4-12-25)26-13-5-8-19(26)21-23-17-6-1-2-7-18(17)24-21/h1-4,6-7,11-12,19H,5,8-10,13-16H2,(H,23,24)/t19-/m0/s1. The van der Waals surface area contributed by atoms with E-state index in [9.17, 15) is 4.79 Å². The lowest BCUT2D eigenvalue weighted by Gasteiger charge is -2.39. The maximum absolute atomic E-state index is 13.5. The number of likely N-dealkylation sites (tertiary alicyclic amines) is 1. The van der Waals surface area contributed by atoms with Crippen LogP contribution in [0.2, 0.25) is 0 Å². The second-order valence-corrected chi connectivity index (χ2v) is 9.21. The minimum absolute atomic E-state index is 0.0691. The smallest absolute Gasteiger partial charge is 0.225 e. The number of imidazole rings is 1. The minimum Gasteiger partial charge on any atom is -0.348 e. The summed E-state index contributed by atoms with van der Waals surface area (Å²) in [6.07, 6.45) is 8.98. The lowest BCUT2D eigenvalue weighted by Crippen LogP contribution is -2.43. The van der Waals surface area contributed by atoms with E-state index < -0.39 is 0 Å². The summed E-state index contributed by atoms with van der Waals surface area (Å²) in [5.41, 5.74) is 1.95. The molecular weight excluding hydrogens is 368 g/mol. The zero-order chi connectivity index (χ0) is 19.0. The molecule has 1 amide bonds. The molecular formula is C22H26N4OS. The highest BCUT2D eigenvalue weighted by Gasteiger charge is 2.40. The molecule has 28 heavy (non-hydrogen) atoms. The number of benzene rings is 1. The van der Waals surface area contributed by atoms with E-state index in [1.165, 1.54) is 0 Å². The number of carbonyl (C=O) groups is 1. The van der Waals surface area contributed by atoms with Crippen molar-refractivity contribution in [3.05, 3.63) is 54.6 Å². The average Bonchev–Trinajstić information content (AvgIpc) is 3.48. The summed E-state index contributed by atoms with van der Waals surface area (Å²) in [6, 6.07) is 12.3. The van der Waals surface area contributed by atoms with Crippen molar-refractivity contribution in [1.29, 1.82) is 0 Å². The fourth-order valence-electron chi connectivity index (χ4n) is 4.79. The van der Waals surface area contributed by atoms with Crippen LogP contribution in [0.3, 0.4) is 0 Å². The Labute approximate surface area is 169 Å². The molecule has 2 fully saturated rings. The van der Waals surface area contributed by atoms with E-state index in [0.29, 0.717) is 6.42 Å². The first kappa shape index (κ1) is 17.9. The fraction of sp³-hybridized carbons (Fsp3) is 0.455. The van der Waals surface area contributed by atoms with Gasteiger partial charge in [-0.15, -0.1) is 0 Å². The summed E-state index contributed by atoms with van der Waals surface area (Å²) >= 11 is 2.00. The maximum atomic E-state index is 13.5. The zero-order valence-corrected chi connectivity index (χ0v) is 16.8. The molecule has 0 aliphatic carbocycles. The summed E-state index contributed by atoms with van der Waals surface area (Å²) in [5.74, 6) is 3.45. The quantitative estimate of drug-likeness (QED) is 0.716. The molecule has 0 unspecified atom stereocenters. The molecule has 1 N–H and O–H groups in total. The topological polar surface area (TPSA) is 53.9 Å². The zero-order valence-electron chi connectivity index (χ0n) is 16.0. The van der Waals surface area contributed by atoms with Gasteiger partial charge in [0.05, 0.1) is 29.0 Å². The molecule has 2 aliphatic heterocycles. The first-order chi connectivity index (χ1) is 13.8. The lowest BCUT2D eigenvalue weighted by atomic mass is 9.87. The number of aromatic nitrogens is 3. The predicted molar refractivity (Wildman–Crippen MR) is 113 cm³/mol. The third-order valence-electron chi connectivity index (χ3n) is 6.35. The summed E-state index contributed by atoms with van der Waals surface area (Å²) in [4.78, 5) is 23.8. The van der Waals surface area contributed by atoms with Gasteiger partial charge in [-0.25, -0.2) is 4.98 Å². The molecule has 1 atom stereocenters. The Morgan fingerprint density at radius 3 is 2.75 bits per heavy atom. The number of thioether (sulfide) groups is 1. The molecule has 1 aromatic carbocycles. The molecule has 6 heteroatoms. The van der Waals surface area contributed by atoms with Crippen LogP contribution in [-0.2, 0) is 10.3 Å². The van der Waals surface area contributed by atoms with Crippen LogP contribution in [0, 0.1) is 0 Å². The number of nitrogens with zero attached hydrogens (tertiary/aromatic N) is 3. The van der Waals surface area contributed by atoms with Gasteiger partial charge in [0.1, 0.15) is 5.82 Å². The second-order valence-electron chi connectivity index (χ2n) is 7.99. The van der Waals surface area contributed by atoms with E-state index in [4.69, 9.17) is 4.98 Å². The van der Waals surface area contributed by atoms with E-state index in [2.05, 4.69) is 39.0 Å². The summed E-state index contributed by atoms with van der Waals surface area (Å²) in [6.45, 7) is 0.830. The number of aromatic amines is 1. The summed E-state index contributed by atoms with van der Waals surface area (Å²) in [7, 11) is 0. The Kier molecular flexibility index (Phi) is 4.67. The summed E-state index contributed by atoms with van der Waals surface area (Å²) < 4.78 is 2.29. The Hall–Kier alpha value is -2.21. The number of carbonyl (C=O) groups excluding carboxylic acids is 1. The average molecular weight is 395 g/mol. The van der Waals surface area contributed by atoms with Crippen molar-refractivity contribution in [2.24, 2.45) is 0 Å². The van der Waals surface area contributed by atoms with Gasteiger partial charge in [0.15, 0.2) is 0 Å². The number of nitrogens with one attached hydrogen (secondary N) is 1. The Morgan fingerprint density at radius 2 is 1.96 bits per heavy atom. The van der Waals surface area contributed by atoms with Crippen LogP contribution in [0.5, 0.6) is 0 Å². The van der Waals surface area contributed by atoms with Crippen molar-refractivity contribution < 1.29 is 4.79 Å². The largest absolute Gasteiger partial charge is 0.348 e. The molecule has 0 spiro atoms. The van der Waals surface area contributed by atoms with Crippen molar-refractivity contribution >= 4 is 28.7 Å². The van der Waals surface area contributed by atoms with Crippen LogP contribution in [0.25, 0.3) is 11.0 Å². The first-order valence-corrected chi connectivity index (χ1v) is 11.4. The number of rotatable bonds is 4. The Bertz CT molecular complexity index is 925. The monoisotopic (exact) mass is 394 g/mol. The van der Waals surface area contributed by atoms with Gasteiger partial charge < -0.3 is 14.5 Å². The van der Waals surface area contributed by atoms with Gasteiger partial charge in [-0.3, -0.25) is 4.79 Å². The van der Waals surface area contributed by atoms with Crippen LogP contribution in [-0.4, -0.2) is 43.4 Å². The second kappa shape index (κ2) is 7.32. The SMILES string of the molecule is O=C(CC1(n2cccc2)CCSCC1)N1CCC[C@H]1c1nc2ccccc2[nH]1. The van der Waals surface area contributed by atoms with Crippen LogP contribution in [0.1, 0.15) is 44.0 Å². The molecule has 5 nitrogen and oxygen atoms in total. The third kappa shape index (κ3) is 3.13. The van der Waals surface area contributed by atoms with Crippen LogP contribution < -0.4 is 0 Å². The molecule has 4 heterocycles. The van der Waals surface area contributed by atoms with E-state index in [-0.39, 0.29) is 17.5 Å². The Balaban J connectivity index is 1.40. The molecule has 146 valence electrons. The molecule has 0 radical (unpaired) electrons. The van der Waals surface area contributed by atoms with Crippen LogP contribution in [0.4, 0.5) is 0 Å². The van der Waals surface area contributed by atoms with Crippen molar-refractivity contribution in [3.8, 4) is 0 Å². The van der Waals surface area contributed by atoms with E-state index in [1.807, 2.05) is 36.0 Å². The van der Waals surface area contributed by atoms with E-state index in [1.54, 1.807) is 0 Å².